The van der Waals surface area contributed by atoms with Gasteiger partial charge in [-0.25, -0.2) is 4.39 Å². The minimum Gasteiger partial charge on any atom is -0.378 e. The van der Waals surface area contributed by atoms with Gasteiger partial charge in [0, 0.05) is 24.8 Å². The van der Waals surface area contributed by atoms with Crippen LogP contribution in [0, 0.1) is 17.1 Å². The van der Waals surface area contributed by atoms with E-state index in [0.717, 1.165) is 19.4 Å². The van der Waals surface area contributed by atoms with E-state index in [1.54, 1.807) is 12.1 Å². The number of rotatable bonds is 5. The van der Waals surface area contributed by atoms with E-state index < -0.39 is 5.82 Å². The van der Waals surface area contributed by atoms with Crippen LogP contribution in [-0.4, -0.2) is 18.8 Å². The number of nitriles is 1. The molecular formula is C14H17FN2O. The minimum absolute atomic E-state index is 0.107. The molecule has 0 bridgehead atoms. The lowest BCUT2D eigenvalue weighted by Crippen LogP contribution is -2.45. The standard InChI is InChI=1S/C14H17FN2O/c1-2-18-13-6-12(7-13)17-9-11-5-3-4-10(8-16)14(11)15/h3-5,12-13,17H,2,6-7,9H2,1H3. The predicted octanol–water partition coefficient (Wildman–Crippen LogP) is 2.35. The second-order valence-corrected chi connectivity index (χ2v) is 4.52. The van der Waals surface area contributed by atoms with Crippen molar-refractivity contribution in [2.45, 2.75) is 38.5 Å². The molecule has 1 aliphatic rings. The van der Waals surface area contributed by atoms with E-state index in [4.69, 9.17) is 10.00 Å². The van der Waals surface area contributed by atoms with Gasteiger partial charge in [-0.05, 0) is 25.8 Å². The van der Waals surface area contributed by atoms with Gasteiger partial charge in [0.15, 0.2) is 0 Å². The van der Waals surface area contributed by atoms with Gasteiger partial charge in [0.1, 0.15) is 11.9 Å². The molecule has 0 heterocycles. The molecule has 1 N–H and O–H groups in total. The molecule has 1 aromatic carbocycles. The molecule has 0 aliphatic heterocycles. The lowest BCUT2D eigenvalue weighted by molar-refractivity contribution is -0.0102. The van der Waals surface area contributed by atoms with Crippen molar-refractivity contribution in [2.24, 2.45) is 0 Å². The van der Waals surface area contributed by atoms with Crippen LogP contribution in [0.5, 0.6) is 0 Å². The van der Waals surface area contributed by atoms with Gasteiger partial charge in [0.25, 0.3) is 0 Å². The Balaban J connectivity index is 1.83. The van der Waals surface area contributed by atoms with Crippen molar-refractivity contribution in [3.05, 3.63) is 35.1 Å². The average molecular weight is 248 g/mol. The molecule has 0 radical (unpaired) electrons. The Morgan fingerprint density at radius 2 is 2.28 bits per heavy atom. The van der Waals surface area contributed by atoms with Gasteiger partial charge in [-0.3, -0.25) is 0 Å². The molecular weight excluding hydrogens is 231 g/mol. The summed E-state index contributed by atoms with van der Waals surface area (Å²) in [6, 6.07) is 7.16. The summed E-state index contributed by atoms with van der Waals surface area (Å²) in [5, 5.41) is 12.0. The Hall–Kier alpha value is -1.44. The monoisotopic (exact) mass is 248 g/mol. The number of hydrogen-bond acceptors (Lipinski definition) is 3. The Morgan fingerprint density at radius 3 is 2.94 bits per heavy atom. The first-order valence-corrected chi connectivity index (χ1v) is 6.27. The Labute approximate surface area is 107 Å². The van der Waals surface area contributed by atoms with E-state index in [1.807, 2.05) is 13.0 Å². The zero-order valence-electron chi connectivity index (χ0n) is 10.4. The van der Waals surface area contributed by atoms with Crippen LogP contribution in [0.25, 0.3) is 0 Å². The SMILES string of the molecule is CCOC1CC(NCc2cccc(C#N)c2F)C1. The molecule has 0 aromatic heterocycles. The number of ether oxygens (including phenoxy) is 1. The molecule has 1 aliphatic carbocycles. The van der Waals surface area contributed by atoms with Gasteiger partial charge in [0.05, 0.1) is 11.7 Å². The summed E-state index contributed by atoms with van der Waals surface area (Å²) in [7, 11) is 0. The highest BCUT2D eigenvalue weighted by atomic mass is 19.1. The number of nitrogens with one attached hydrogen (secondary N) is 1. The smallest absolute Gasteiger partial charge is 0.145 e. The fraction of sp³-hybridized carbons (Fsp3) is 0.500. The quantitative estimate of drug-likeness (QED) is 0.870. The molecule has 0 saturated heterocycles. The third-order valence-electron chi connectivity index (χ3n) is 3.28. The lowest BCUT2D eigenvalue weighted by atomic mass is 9.89. The second-order valence-electron chi connectivity index (χ2n) is 4.52. The van der Waals surface area contributed by atoms with E-state index in [1.165, 1.54) is 6.07 Å². The van der Waals surface area contributed by atoms with Gasteiger partial charge >= 0.3 is 0 Å². The van der Waals surface area contributed by atoms with E-state index in [-0.39, 0.29) is 5.56 Å². The third kappa shape index (κ3) is 2.87. The average Bonchev–Trinajstić information content (AvgIpc) is 2.33. The highest BCUT2D eigenvalue weighted by Gasteiger charge is 2.29. The van der Waals surface area contributed by atoms with Crippen LogP contribution in [0.15, 0.2) is 18.2 Å². The Kier molecular flexibility index (Phi) is 4.29. The van der Waals surface area contributed by atoms with Crippen molar-refractivity contribution in [3.63, 3.8) is 0 Å². The van der Waals surface area contributed by atoms with Crippen molar-refractivity contribution in [1.82, 2.24) is 5.32 Å². The third-order valence-corrected chi connectivity index (χ3v) is 3.28. The maximum Gasteiger partial charge on any atom is 0.145 e. The van der Waals surface area contributed by atoms with Crippen LogP contribution in [0.4, 0.5) is 4.39 Å². The normalized spacial score (nSPS) is 22.3. The number of halogens is 1. The van der Waals surface area contributed by atoms with E-state index >= 15 is 0 Å². The molecule has 2 rings (SSSR count). The summed E-state index contributed by atoms with van der Waals surface area (Å²) in [6.07, 6.45) is 2.31. The van der Waals surface area contributed by atoms with Crippen molar-refractivity contribution in [1.29, 1.82) is 5.26 Å². The zero-order valence-corrected chi connectivity index (χ0v) is 10.4. The van der Waals surface area contributed by atoms with Gasteiger partial charge in [0.2, 0.25) is 0 Å². The molecule has 0 spiro atoms. The summed E-state index contributed by atoms with van der Waals surface area (Å²) in [5.74, 6) is -0.409. The van der Waals surface area contributed by atoms with Gasteiger partial charge in [-0.15, -0.1) is 0 Å². The predicted molar refractivity (Wildman–Crippen MR) is 66.4 cm³/mol. The first-order valence-electron chi connectivity index (χ1n) is 6.27. The topological polar surface area (TPSA) is 45.0 Å². The summed E-state index contributed by atoms with van der Waals surface area (Å²) >= 11 is 0. The summed E-state index contributed by atoms with van der Waals surface area (Å²) in [5.41, 5.74) is 0.656. The van der Waals surface area contributed by atoms with Crippen LogP contribution in [0.3, 0.4) is 0 Å². The largest absolute Gasteiger partial charge is 0.378 e. The van der Waals surface area contributed by atoms with Crippen molar-refractivity contribution < 1.29 is 9.13 Å². The molecule has 96 valence electrons. The van der Waals surface area contributed by atoms with Crippen molar-refractivity contribution in [2.75, 3.05) is 6.61 Å². The maximum absolute atomic E-state index is 13.8. The van der Waals surface area contributed by atoms with Crippen LogP contribution >= 0.6 is 0 Å². The molecule has 3 nitrogen and oxygen atoms in total. The Bertz CT molecular complexity index is 450. The van der Waals surface area contributed by atoms with Gasteiger partial charge < -0.3 is 10.1 Å². The maximum atomic E-state index is 13.8. The minimum atomic E-state index is -0.409. The lowest BCUT2D eigenvalue weighted by Gasteiger charge is -2.35. The zero-order chi connectivity index (χ0) is 13.0. The van der Waals surface area contributed by atoms with Crippen LogP contribution < -0.4 is 5.32 Å². The van der Waals surface area contributed by atoms with E-state index in [2.05, 4.69) is 5.32 Å². The first-order chi connectivity index (χ1) is 8.74. The molecule has 1 saturated carbocycles. The van der Waals surface area contributed by atoms with Crippen molar-refractivity contribution in [3.8, 4) is 6.07 Å². The van der Waals surface area contributed by atoms with E-state index in [9.17, 15) is 4.39 Å². The van der Waals surface area contributed by atoms with Gasteiger partial charge in [-0.2, -0.15) is 5.26 Å². The number of hydrogen-bond donors (Lipinski definition) is 1. The number of benzene rings is 1. The second kappa shape index (κ2) is 5.94. The highest BCUT2D eigenvalue weighted by molar-refractivity contribution is 5.34. The van der Waals surface area contributed by atoms with Crippen LogP contribution in [0.2, 0.25) is 0 Å². The molecule has 1 aromatic rings. The molecule has 0 atom stereocenters. The molecule has 1 fully saturated rings. The molecule has 0 amide bonds. The van der Waals surface area contributed by atoms with Crippen molar-refractivity contribution >= 4 is 0 Å². The van der Waals surface area contributed by atoms with Crippen LogP contribution in [-0.2, 0) is 11.3 Å². The summed E-state index contributed by atoms with van der Waals surface area (Å²) in [4.78, 5) is 0. The first kappa shape index (κ1) is 13.0. The van der Waals surface area contributed by atoms with Gasteiger partial charge in [-0.1, -0.05) is 12.1 Å². The van der Waals surface area contributed by atoms with Crippen LogP contribution in [0.1, 0.15) is 30.9 Å². The molecule has 4 heteroatoms. The Morgan fingerprint density at radius 1 is 1.50 bits per heavy atom. The summed E-state index contributed by atoms with van der Waals surface area (Å²) < 4.78 is 19.2. The highest BCUT2D eigenvalue weighted by Crippen LogP contribution is 2.23. The fourth-order valence-corrected chi connectivity index (χ4v) is 2.16. The summed E-state index contributed by atoms with van der Waals surface area (Å²) in [6.45, 7) is 3.20. The number of nitrogens with zero attached hydrogens (tertiary/aromatic N) is 1. The fourth-order valence-electron chi connectivity index (χ4n) is 2.16. The molecule has 18 heavy (non-hydrogen) atoms. The molecule has 0 unspecified atom stereocenters. The van der Waals surface area contributed by atoms with E-state index in [0.29, 0.717) is 24.3 Å².